The fourth-order valence-corrected chi connectivity index (χ4v) is 2.57. The lowest BCUT2D eigenvalue weighted by Crippen LogP contribution is -2.31. The van der Waals surface area contributed by atoms with E-state index in [0.717, 1.165) is 17.2 Å². The summed E-state index contributed by atoms with van der Waals surface area (Å²) in [5.41, 5.74) is 1.20. The molecule has 1 N–H and O–H groups in total. The monoisotopic (exact) mass is 285 g/mol. The van der Waals surface area contributed by atoms with Gasteiger partial charge in [-0.2, -0.15) is 0 Å². The normalized spacial score (nSPS) is 15.5. The zero-order valence-electron chi connectivity index (χ0n) is 12.2. The molecule has 21 heavy (non-hydrogen) atoms. The summed E-state index contributed by atoms with van der Waals surface area (Å²) in [5, 5.41) is 3.31. The van der Waals surface area contributed by atoms with Gasteiger partial charge in [0.15, 0.2) is 11.5 Å². The van der Waals surface area contributed by atoms with Crippen molar-refractivity contribution in [3.8, 4) is 17.2 Å². The molecule has 1 heterocycles. The topological polar surface area (TPSA) is 39.7 Å². The van der Waals surface area contributed by atoms with Gasteiger partial charge in [-0.15, -0.1) is 0 Å². The van der Waals surface area contributed by atoms with Gasteiger partial charge in [0.25, 0.3) is 0 Å². The van der Waals surface area contributed by atoms with E-state index < -0.39 is 0 Å². The van der Waals surface area contributed by atoms with Crippen molar-refractivity contribution in [1.29, 1.82) is 0 Å². The molecule has 0 fully saturated rings. The number of benzene rings is 2. The van der Waals surface area contributed by atoms with Crippen LogP contribution < -0.4 is 19.5 Å². The van der Waals surface area contributed by atoms with Gasteiger partial charge >= 0.3 is 0 Å². The molecule has 2 atom stereocenters. The van der Waals surface area contributed by atoms with Gasteiger partial charge in [-0.1, -0.05) is 30.3 Å². The second-order valence-electron chi connectivity index (χ2n) is 5.02. The van der Waals surface area contributed by atoms with Crippen LogP contribution in [0.5, 0.6) is 17.2 Å². The average Bonchev–Trinajstić information content (AvgIpc) is 2.96. The molecular formula is C17H19NO3. The van der Waals surface area contributed by atoms with Crippen molar-refractivity contribution in [2.75, 3.05) is 13.8 Å². The molecular weight excluding hydrogens is 266 g/mol. The number of nitrogens with one attached hydrogen (secondary N) is 1. The second-order valence-corrected chi connectivity index (χ2v) is 5.02. The van der Waals surface area contributed by atoms with E-state index in [1.54, 1.807) is 0 Å². The largest absolute Gasteiger partial charge is 0.489 e. The zero-order chi connectivity index (χ0) is 14.7. The van der Waals surface area contributed by atoms with E-state index in [-0.39, 0.29) is 18.9 Å². The highest BCUT2D eigenvalue weighted by Gasteiger charge is 2.20. The van der Waals surface area contributed by atoms with E-state index in [9.17, 15) is 0 Å². The first kappa shape index (κ1) is 13.8. The van der Waals surface area contributed by atoms with Crippen molar-refractivity contribution >= 4 is 0 Å². The van der Waals surface area contributed by atoms with Crippen LogP contribution in [-0.4, -0.2) is 19.9 Å². The molecule has 0 saturated heterocycles. The summed E-state index contributed by atoms with van der Waals surface area (Å²) in [5.74, 6) is 2.28. The molecule has 1 aliphatic rings. The van der Waals surface area contributed by atoms with Crippen LogP contribution in [0.1, 0.15) is 18.5 Å². The second kappa shape index (κ2) is 6.06. The van der Waals surface area contributed by atoms with E-state index in [2.05, 4.69) is 24.4 Å². The number of rotatable bonds is 5. The number of hydrogen-bond donors (Lipinski definition) is 1. The van der Waals surface area contributed by atoms with Crippen LogP contribution in [-0.2, 0) is 0 Å². The van der Waals surface area contributed by atoms with Crippen molar-refractivity contribution in [2.45, 2.75) is 19.1 Å². The van der Waals surface area contributed by atoms with Gasteiger partial charge in [-0.05, 0) is 31.7 Å². The van der Waals surface area contributed by atoms with Gasteiger partial charge in [0.2, 0.25) is 6.79 Å². The van der Waals surface area contributed by atoms with Gasteiger partial charge in [-0.25, -0.2) is 0 Å². The third kappa shape index (κ3) is 2.95. The molecule has 0 amide bonds. The molecule has 110 valence electrons. The Morgan fingerprint density at radius 2 is 1.81 bits per heavy atom. The highest BCUT2D eigenvalue weighted by atomic mass is 16.7. The first-order valence-electron chi connectivity index (χ1n) is 7.06. The van der Waals surface area contributed by atoms with Crippen LogP contribution in [0, 0.1) is 0 Å². The zero-order valence-corrected chi connectivity index (χ0v) is 12.2. The van der Waals surface area contributed by atoms with Crippen LogP contribution in [0.4, 0.5) is 0 Å². The smallest absolute Gasteiger partial charge is 0.231 e. The van der Waals surface area contributed by atoms with Crippen molar-refractivity contribution < 1.29 is 14.2 Å². The average molecular weight is 285 g/mol. The Bertz CT molecular complexity index is 600. The lowest BCUT2D eigenvalue weighted by molar-refractivity contribution is 0.170. The maximum absolute atomic E-state index is 6.05. The third-order valence-electron chi connectivity index (χ3n) is 3.61. The molecule has 0 aliphatic carbocycles. The molecule has 0 saturated carbocycles. The van der Waals surface area contributed by atoms with Crippen LogP contribution in [0.2, 0.25) is 0 Å². The van der Waals surface area contributed by atoms with Crippen LogP contribution in [0.15, 0.2) is 48.5 Å². The highest BCUT2D eigenvalue weighted by molar-refractivity contribution is 5.47. The van der Waals surface area contributed by atoms with Gasteiger partial charge < -0.3 is 19.5 Å². The van der Waals surface area contributed by atoms with Crippen molar-refractivity contribution in [3.63, 3.8) is 0 Å². The van der Waals surface area contributed by atoms with Crippen molar-refractivity contribution in [2.24, 2.45) is 0 Å². The molecule has 2 aromatic carbocycles. The summed E-state index contributed by atoms with van der Waals surface area (Å²) in [6.45, 7) is 2.33. The number of fused-ring (bicyclic) bond motifs is 1. The Balaban J connectivity index is 1.74. The summed E-state index contributed by atoms with van der Waals surface area (Å²) in [7, 11) is 1.94. The Morgan fingerprint density at radius 3 is 2.57 bits per heavy atom. The molecule has 1 aliphatic heterocycles. The fourth-order valence-electron chi connectivity index (χ4n) is 2.57. The third-order valence-corrected chi connectivity index (χ3v) is 3.61. The van der Waals surface area contributed by atoms with E-state index in [1.807, 2.05) is 43.4 Å². The highest BCUT2D eigenvalue weighted by Crippen LogP contribution is 2.36. The fraction of sp³-hybridized carbons (Fsp3) is 0.294. The lowest BCUT2D eigenvalue weighted by atomic mass is 10.0. The number of hydrogen-bond acceptors (Lipinski definition) is 4. The van der Waals surface area contributed by atoms with Gasteiger partial charge in [0.1, 0.15) is 11.9 Å². The maximum Gasteiger partial charge on any atom is 0.231 e. The van der Waals surface area contributed by atoms with Crippen molar-refractivity contribution in [3.05, 3.63) is 54.1 Å². The molecule has 4 nitrogen and oxygen atoms in total. The molecule has 0 bridgehead atoms. The molecule has 2 unspecified atom stereocenters. The number of ether oxygens (including phenoxy) is 3. The minimum absolute atomic E-state index is 0.0160. The quantitative estimate of drug-likeness (QED) is 0.916. The summed E-state index contributed by atoms with van der Waals surface area (Å²) in [4.78, 5) is 0. The Hall–Kier alpha value is -2.20. The number of likely N-dealkylation sites (N-methyl/N-ethyl adjacent to an activating group) is 1. The van der Waals surface area contributed by atoms with Gasteiger partial charge in [-0.3, -0.25) is 0 Å². The van der Waals surface area contributed by atoms with E-state index >= 15 is 0 Å². The standard InChI is InChI=1S/C17H19NO3/c1-12(17(18-2)13-6-4-3-5-7-13)21-14-8-9-15-16(10-14)20-11-19-15/h3-10,12,17-18H,11H2,1-2H3. The van der Waals surface area contributed by atoms with Crippen LogP contribution in [0.25, 0.3) is 0 Å². The summed E-state index contributed by atoms with van der Waals surface area (Å²) >= 11 is 0. The SMILES string of the molecule is CNC(c1ccccc1)C(C)Oc1ccc2c(c1)OCO2. The van der Waals surface area contributed by atoms with E-state index in [0.29, 0.717) is 0 Å². The first-order valence-corrected chi connectivity index (χ1v) is 7.06. The van der Waals surface area contributed by atoms with Crippen LogP contribution in [0.3, 0.4) is 0 Å². The van der Waals surface area contributed by atoms with Crippen molar-refractivity contribution in [1.82, 2.24) is 5.32 Å². The Morgan fingerprint density at radius 1 is 1.05 bits per heavy atom. The molecule has 0 aromatic heterocycles. The molecule has 4 heteroatoms. The predicted molar refractivity (Wildman–Crippen MR) is 80.9 cm³/mol. The lowest BCUT2D eigenvalue weighted by Gasteiger charge is -2.25. The van der Waals surface area contributed by atoms with E-state index in [4.69, 9.17) is 14.2 Å². The minimum atomic E-state index is -0.0160. The summed E-state index contributed by atoms with van der Waals surface area (Å²) in [6, 6.07) is 16.1. The Kier molecular flexibility index (Phi) is 3.97. The molecule has 0 spiro atoms. The molecule has 0 radical (unpaired) electrons. The van der Waals surface area contributed by atoms with Gasteiger partial charge in [0.05, 0.1) is 6.04 Å². The first-order chi connectivity index (χ1) is 10.3. The molecule has 2 aromatic rings. The maximum atomic E-state index is 6.05. The summed E-state index contributed by atoms with van der Waals surface area (Å²) < 4.78 is 16.7. The summed E-state index contributed by atoms with van der Waals surface area (Å²) in [6.07, 6.45) is -0.0160. The molecule has 3 rings (SSSR count). The Labute approximate surface area is 124 Å². The van der Waals surface area contributed by atoms with Gasteiger partial charge in [0, 0.05) is 6.07 Å². The predicted octanol–water partition coefficient (Wildman–Crippen LogP) is 3.14. The van der Waals surface area contributed by atoms with Crippen LogP contribution >= 0.6 is 0 Å². The minimum Gasteiger partial charge on any atom is -0.489 e. The van der Waals surface area contributed by atoms with E-state index in [1.165, 1.54) is 5.56 Å².